The van der Waals surface area contributed by atoms with Crippen LogP contribution < -0.4 is 15.5 Å². The maximum Gasteiger partial charge on any atom is 0.290 e. The lowest BCUT2D eigenvalue weighted by atomic mass is 10.1. The Hall–Kier alpha value is -2.03. The van der Waals surface area contributed by atoms with Crippen LogP contribution in [0.1, 0.15) is 12.0 Å². The molecule has 2 aliphatic rings. The van der Waals surface area contributed by atoms with Crippen molar-refractivity contribution in [3.63, 3.8) is 0 Å². The van der Waals surface area contributed by atoms with Gasteiger partial charge in [0.25, 0.3) is 11.1 Å². The molecule has 0 spiro atoms. The Labute approximate surface area is 160 Å². The van der Waals surface area contributed by atoms with Gasteiger partial charge in [-0.1, -0.05) is 23.7 Å². The number of carbonyl (C=O) groups is 3. The molecule has 2 fully saturated rings. The topological polar surface area (TPSA) is 87.7 Å². The summed E-state index contributed by atoms with van der Waals surface area (Å²) in [7, 11) is 1.48. The first-order chi connectivity index (χ1) is 12.5. The number of anilines is 1. The monoisotopic (exact) mass is 395 g/mol. The van der Waals surface area contributed by atoms with Gasteiger partial charge >= 0.3 is 0 Å². The van der Waals surface area contributed by atoms with Gasteiger partial charge in [-0.05, 0) is 30.3 Å². The number of carbonyl (C=O) groups excluding carboxylic acids is 3. The van der Waals surface area contributed by atoms with Crippen LogP contribution in [0.4, 0.5) is 10.5 Å². The van der Waals surface area contributed by atoms with E-state index >= 15 is 0 Å². The van der Waals surface area contributed by atoms with Gasteiger partial charge in [0.05, 0.1) is 15.6 Å². The fourth-order valence-electron chi connectivity index (χ4n) is 3.03. The first-order valence-corrected chi connectivity index (χ1v) is 9.24. The van der Waals surface area contributed by atoms with Crippen LogP contribution in [0.3, 0.4) is 0 Å². The predicted molar refractivity (Wildman–Crippen MR) is 101 cm³/mol. The number of benzene rings is 1. The van der Waals surface area contributed by atoms with E-state index in [-0.39, 0.29) is 23.8 Å². The highest BCUT2D eigenvalue weighted by molar-refractivity contribution is 8.18. The summed E-state index contributed by atoms with van der Waals surface area (Å²) in [6.07, 6.45) is 2.45. The van der Waals surface area contributed by atoms with Crippen LogP contribution >= 0.6 is 23.4 Å². The molecule has 0 saturated carbocycles. The van der Waals surface area contributed by atoms with E-state index in [0.717, 1.165) is 36.0 Å². The molecule has 2 N–H and O–H groups in total. The smallest absolute Gasteiger partial charge is 0.290 e. The largest absolute Gasteiger partial charge is 0.375 e. The molecule has 7 nitrogen and oxygen atoms in total. The van der Waals surface area contributed by atoms with Crippen LogP contribution in [0.15, 0.2) is 23.1 Å². The lowest BCUT2D eigenvalue weighted by molar-refractivity contribution is -0.125. The number of thioether (sulfide) groups is 1. The summed E-state index contributed by atoms with van der Waals surface area (Å²) in [4.78, 5) is 37.3. The van der Waals surface area contributed by atoms with Crippen LogP contribution in [0.25, 0.3) is 6.08 Å². The number of halogens is 1. The Kier molecular flexibility index (Phi) is 5.85. The third-order valence-electron chi connectivity index (χ3n) is 4.09. The number of hydrogen-bond acceptors (Lipinski definition) is 6. The number of para-hydroxylation sites is 1. The summed E-state index contributed by atoms with van der Waals surface area (Å²) in [6, 6.07) is 5.43. The van der Waals surface area contributed by atoms with Gasteiger partial charge in [-0.15, -0.1) is 0 Å². The molecule has 2 heterocycles. The molecule has 26 heavy (non-hydrogen) atoms. The Morgan fingerprint density at radius 2 is 2.31 bits per heavy atom. The van der Waals surface area contributed by atoms with Gasteiger partial charge in [0.1, 0.15) is 6.61 Å². The SMILES string of the molecule is COCC(=O)N[C@H]1CCN(c2c(Cl)cccc2C=C2SC(=O)NC2=O)C1. The molecular weight excluding hydrogens is 378 g/mol. The van der Waals surface area contributed by atoms with Gasteiger partial charge in [0.2, 0.25) is 5.91 Å². The minimum absolute atomic E-state index is 0.000146. The highest BCUT2D eigenvalue weighted by Gasteiger charge is 2.28. The molecule has 9 heteroatoms. The van der Waals surface area contributed by atoms with Gasteiger partial charge in [-0.25, -0.2) is 0 Å². The third-order valence-corrected chi connectivity index (χ3v) is 5.21. The van der Waals surface area contributed by atoms with Crippen molar-refractivity contribution >= 4 is 52.2 Å². The molecule has 2 saturated heterocycles. The van der Waals surface area contributed by atoms with Crippen LogP contribution in [0, 0.1) is 0 Å². The lowest BCUT2D eigenvalue weighted by Crippen LogP contribution is -2.39. The van der Waals surface area contributed by atoms with Crippen molar-refractivity contribution in [2.45, 2.75) is 12.5 Å². The average Bonchev–Trinajstić information content (AvgIpc) is 3.14. The van der Waals surface area contributed by atoms with Crippen LogP contribution in [0.5, 0.6) is 0 Å². The van der Waals surface area contributed by atoms with E-state index in [1.54, 1.807) is 18.2 Å². The second-order valence-electron chi connectivity index (χ2n) is 5.96. The van der Waals surface area contributed by atoms with Gasteiger partial charge in [0, 0.05) is 31.8 Å². The van der Waals surface area contributed by atoms with E-state index in [1.165, 1.54) is 7.11 Å². The summed E-state index contributed by atoms with van der Waals surface area (Å²) in [5, 5.41) is 5.34. The van der Waals surface area contributed by atoms with E-state index in [1.807, 2.05) is 6.07 Å². The molecule has 0 aliphatic carbocycles. The number of imide groups is 1. The van der Waals surface area contributed by atoms with Gasteiger partial charge in [0.15, 0.2) is 0 Å². The zero-order chi connectivity index (χ0) is 18.7. The predicted octanol–water partition coefficient (Wildman–Crippen LogP) is 2.01. The average molecular weight is 396 g/mol. The standard InChI is InChI=1S/C17H18ClN3O4S/c1-25-9-14(22)19-11-5-6-21(8-11)15-10(3-2-4-12(15)18)7-13-16(23)20-17(24)26-13/h2-4,7,11H,5-6,8-9H2,1H3,(H,19,22)(H,20,23,24)/t11-/m0/s1. The summed E-state index contributed by atoms with van der Waals surface area (Å²) < 4.78 is 4.83. The fraction of sp³-hybridized carbons (Fsp3) is 0.353. The minimum Gasteiger partial charge on any atom is -0.375 e. The number of nitrogens with zero attached hydrogens (tertiary/aromatic N) is 1. The van der Waals surface area contributed by atoms with Crippen LogP contribution in [-0.2, 0) is 14.3 Å². The Balaban J connectivity index is 1.80. The lowest BCUT2D eigenvalue weighted by Gasteiger charge is -2.23. The second kappa shape index (κ2) is 8.11. The maximum atomic E-state index is 11.8. The van der Waals surface area contributed by atoms with Crippen LogP contribution in [0.2, 0.25) is 5.02 Å². The van der Waals surface area contributed by atoms with Crippen LogP contribution in [-0.4, -0.2) is 49.9 Å². The first-order valence-electron chi connectivity index (χ1n) is 8.04. The molecule has 3 rings (SSSR count). The van der Waals surface area contributed by atoms with E-state index in [2.05, 4.69) is 15.5 Å². The number of rotatable bonds is 5. The first kappa shape index (κ1) is 18.8. The molecule has 0 aromatic heterocycles. The number of amides is 3. The van der Waals surface area contributed by atoms with Crippen molar-refractivity contribution in [2.24, 2.45) is 0 Å². The van der Waals surface area contributed by atoms with E-state index in [4.69, 9.17) is 16.3 Å². The molecule has 0 bridgehead atoms. The second-order valence-corrected chi connectivity index (χ2v) is 7.38. The number of hydrogen-bond donors (Lipinski definition) is 2. The van der Waals surface area contributed by atoms with Crippen molar-refractivity contribution in [1.29, 1.82) is 0 Å². The molecule has 0 radical (unpaired) electrons. The van der Waals surface area contributed by atoms with E-state index in [0.29, 0.717) is 16.5 Å². The van der Waals surface area contributed by atoms with Crippen molar-refractivity contribution in [1.82, 2.24) is 10.6 Å². The van der Waals surface area contributed by atoms with Crippen molar-refractivity contribution in [2.75, 3.05) is 31.7 Å². The Morgan fingerprint density at radius 3 is 3.00 bits per heavy atom. The molecular formula is C17H18ClN3O4S. The highest BCUT2D eigenvalue weighted by atomic mass is 35.5. The molecule has 1 aromatic rings. The number of ether oxygens (including phenoxy) is 1. The third kappa shape index (κ3) is 4.20. The summed E-state index contributed by atoms with van der Waals surface area (Å²) in [5.41, 5.74) is 1.55. The molecule has 1 aromatic carbocycles. The zero-order valence-electron chi connectivity index (χ0n) is 14.1. The highest BCUT2D eigenvalue weighted by Crippen LogP contribution is 2.35. The summed E-state index contributed by atoms with van der Waals surface area (Å²) in [6.45, 7) is 1.35. The molecule has 1 atom stereocenters. The van der Waals surface area contributed by atoms with Crippen molar-refractivity contribution in [3.05, 3.63) is 33.7 Å². The molecule has 2 aliphatic heterocycles. The van der Waals surface area contributed by atoms with Gasteiger partial charge in [-0.2, -0.15) is 0 Å². The zero-order valence-corrected chi connectivity index (χ0v) is 15.7. The maximum absolute atomic E-state index is 11.8. The van der Waals surface area contributed by atoms with E-state index in [9.17, 15) is 14.4 Å². The Morgan fingerprint density at radius 1 is 1.50 bits per heavy atom. The summed E-state index contributed by atoms with van der Waals surface area (Å²) >= 11 is 7.28. The normalized spacial score (nSPS) is 21.4. The van der Waals surface area contributed by atoms with Gasteiger partial charge < -0.3 is 15.0 Å². The molecule has 138 valence electrons. The van der Waals surface area contributed by atoms with Gasteiger partial charge in [-0.3, -0.25) is 19.7 Å². The molecule has 0 unspecified atom stereocenters. The quantitative estimate of drug-likeness (QED) is 0.741. The van der Waals surface area contributed by atoms with E-state index < -0.39 is 5.91 Å². The minimum atomic E-state index is -0.406. The molecule has 3 amide bonds. The number of nitrogens with one attached hydrogen (secondary N) is 2. The summed E-state index contributed by atoms with van der Waals surface area (Å²) in [5.74, 6) is -0.560. The van der Waals surface area contributed by atoms with Crippen molar-refractivity contribution in [3.8, 4) is 0 Å². The fourth-order valence-corrected chi connectivity index (χ4v) is 4.00. The number of methoxy groups -OCH3 is 1. The van der Waals surface area contributed by atoms with Crippen molar-refractivity contribution < 1.29 is 19.1 Å². The Bertz CT molecular complexity index is 783.